The number of imide groups is 1. The van der Waals surface area contributed by atoms with Crippen molar-refractivity contribution >= 4 is 46.8 Å². The number of Topliss-reactive ketones (excluding diaryl/α,β-unsaturated/α-hetero) is 1. The maximum atomic E-state index is 13.6. The molecule has 15 heteroatoms. The average molecular weight is 722 g/mol. The van der Waals surface area contributed by atoms with Crippen molar-refractivity contribution in [1.82, 2.24) is 4.98 Å². The van der Waals surface area contributed by atoms with Crippen molar-refractivity contribution < 1.29 is 42.9 Å². The Balaban J connectivity index is 1.34. The van der Waals surface area contributed by atoms with E-state index in [1.807, 2.05) is 13.0 Å². The summed E-state index contributed by atoms with van der Waals surface area (Å²) >= 11 is 0.866. The molecule has 1 aromatic heterocycles. The van der Waals surface area contributed by atoms with Crippen LogP contribution in [0.3, 0.4) is 0 Å². The topological polar surface area (TPSA) is 204 Å². The standard InChI is InChI=1S/C37H31N5O9S/c1-5-50-24-12-8-20(9-13-24)27(43)19-51-37(46)21-6-10-23(11-7-21)42-31(44)16-30(36(42)45)52-35-26(18-39)32(25(17-38)34(40)41-35)22-14-28(47-2)33(49-4)29(15-22)48-3/h6-15,30H,5,16,19H2,1-4H3,(H2,40,41). The number of rotatable bonds is 13. The van der Waals surface area contributed by atoms with E-state index in [-0.39, 0.29) is 62.5 Å². The Bertz CT molecular complexity index is 2120. The Morgan fingerprint density at radius 2 is 1.54 bits per heavy atom. The van der Waals surface area contributed by atoms with Crippen LogP contribution in [0, 0.1) is 22.7 Å². The van der Waals surface area contributed by atoms with Gasteiger partial charge in [0.1, 0.15) is 34.3 Å². The number of amides is 2. The van der Waals surface area contributed by atoms with Gasteiger partial charge in [-0.15, -0.1) is 0 Å². The van der Waals surface area contributed by atoms with Gasteiger partial charge < -0.3 is 29.4 Å². The highest BCUT2D eigenvalue weighted by Gasteiger charge is 2.41. The van der Waals surface area contributed by atoms with Gasteiger partial charge in [0.05, 0.1) is 50.0 Å². The summed E-state index contributed by atoms with van der Waals surface area (Å²) < 4.78 is 26.8. The minimum atomic E-state index is -0.995. The van der Waals surface area contributed by atoms with Crippen molar-refractivity contribution in [2.45, 2.75) is 23.6 Å². The number of ketones is 1. The van der Waals surface area contributed by atoms with Gasteiger partial charge in [0.25, 0.3) is 0 Å². The SMILES string of the molecule is CCOc1ccc(C(=O)COC(=O)c2ccc(N3C(=O)CC(Sc4nc(N)c(C#N)c(-c5cc(OC)c(OC)c(OC)c5)c4C#N)C3=O)cc2)cc1. The van der Waals surface area contributed by atoms with Crippen molar-refractivity contribution in [2.75, 3.05) is 45.2 Å². The van der Waals surface area contributed by atoms with Crippen molar-refractivity contribution in [3.05, 3.63) is 82.9 Å². The molecule has 0 saturated carbocycles. The first kappa shape index (κ1) is 36.7. The molecular weight excluding hydrogens is 690 g/mol. The van der Waals surface area contributed by atoms with E-state index in [0.717, 1.165) is 16.7 Å². The molecule has 3 aromatic carbocycles. The lowest BCUT2D eigenvalue weighted by Gasteiger charge is -2.18. The third-order valence-electron chi connectivity index (χ3n) is 7.91. The van der Waals surface area contributed by atoms with Crippen LogP contribution in [0.5, 0.6) is 23.0 Å². The van der Waals surface area contributed by atoms with Gasteiger partial charge in [-0.05, 0) is 73.2 Å². The number of pyridine rings is 1. The Hall–Kier alpha value is -6.58. The van der Waals surface area contributed by atoms with Crippen molar-refractivity contribution in [2.24, 2.45) is 0 Å². The molecule has 2 heterocycles. The number of anilines is 2. The number of carbonyl (C=O) groups excluding carboxylic acids is 4. The zero-order valence-corrected chi connectivity index (χ0v) is 29.2. The molecule has 0 bridgehead atoms. The Morgan fingerprint density at radius 3 is 2.10 bits per heavy atom. The first-order valence-corrected chi connectivity index (χ1v) is 16.5. The first-order valence-electron chi connectivity index (χ1n) is 15.6. The van der Waals surface area contributed by atoms with Gasteiger partial charge in [-0.25, -0.2) is 14.7 Å². The quantitative estimate of drug-likeness (QED) is 0.110. The number of thioether (sulfide) groups is 1. The Morgan fingerprint density at radius 1 is 0.923 bits per heavy atom. The third kappa shape index (κ3) is 7.31. The molecule has 0 spiro atoms. The highest BCUT2D eigenvalue weighted by Crippen LogP contribution is 2.45. The normalized spacial score (nSPS) is 13.6. The lowest BCUT2D eigenvalue weighted by atomic mass is 9.96. The number of nitriles is 2. The van der Waals surface area contributed by atoms with Crippen LogP contribution in [-0.2, 0) is 14.3 Å². The molecule has 5 rings (SSSR count). The second kappa shape index (κ2) is 16.0. The smallest absolute Gasteiger partial charge is 0.338 e. The lowest BCUT2D eigenvalue weighted by Crippen LogP contribution is -2.31. The highest BCUT2D eigenvalue weighted by molar-refractivity contribution is 8.00. The van der Waals surface area contributed by atoms with Gasteiger partial charge in [0.2, 0.25) is 17.6 Å². The van der Waals surface area contributed by atoms with E-state index >= 15 is 0 Å². The summed E-state index contributed by atoms with van der Waals surface area (Å²) in [6.45, 7) is 1.84. The summed E-state index contributed by atoms with van der Waals surface area (Å²) in [5, 5.41) is 19.3. The molecule has 1 fully saturated rings. The van der Waals surface area contributed by atoms with E-state index in [0.29, 0.717) is 23.5 Å². The molecule has 1 aliphatic heterocycles. The second-order valence-corrected chi connectivity index (χ2v) is 12.1. The molecule has 1 unspecified atom stereocenters. The van der Waals surface area contributed by atoms with E-state index in [1.54, 1.807) is 36.4 Å². The monoisotopic (exact) mass is 721 g/mol. The molecule has 1 atom stereocenters. The molecule has 264 valence electrons. The summed E-state index contributed by atoms with van der Waals surface area (Å²) in [4.78, 5) is 57.2. The average Bonchev–Trinajstić information content (AvgIpc) is 3.44. The van der Waals surface area contributed by atoms with E-state index in [2.05, 4.69) is 11.1 Å². The number of hydrogen-bond acceptors (Lipinski definition) is 14. The first-order chi connectivity index (χ1) is 25.1. The van der Waals surface area contributed by atoms with E-state index in [4.69, 9.17) is 29.4 Å². The molecule has 0 aliphatic carbocycles. The van der Waals surface area contributed by atoms with E-state index in [9.17, 15) is 29.7 Å². The van der Waals surface area contributed by atoms with Crippen molar-refractivity contribution in [3.63, 3.8) is 0 Å². The summed E-state index contributed by atoms with van der Waals surface area (Å²) in [5.74, 6) is -1.05. The van der Waals surface area contributed by atoms with Gasteiger partial charge in [-0.3, -0.25) is 14.4 Å². The number of esters is 1. The van der Waals surface area contributed by atoms with Crippen LogP contribution in [0.2, 0.25) is 0 Å². The van der Waals surface area contributed by atoms with Crippen molar-refractivity contribution in [3.8, 4) is 46.3 Å². The molecule has 14 nitrogen and oxygen atoms in total. The molecule has 1 aliphatic rings. The third-order valence-corrected chi connectivity index (χ3v) is 9.08. The second-order valence-electron chi connectivity index (χ2n) is 10.9. The molecule has 1 saturated heterocycles. The summed E-state index contributed by atoms with van der Waals surface area (Å²) in [5.41, 5.74) is 7.20. The summed E-state index contributed by atoms with van der Waals surface area (Å²) in [7, 11) is 4.27. The number of nitrogen functional groups attached to an aromatic ring is 1. The van der Waals surface area contributed by atoms with Crippen LogP contribution in [-0.4, -0.2) is 68.3 Å². The van der Waals surface area contributed by atoms with Crippen LogP contribution in [0.15, 0.2) is 65.7 Å². The molecule has 2 N–H and O–H groups in total. The number of nitrogens with two attached hydrogens (primary N) is 1. The zero-order chi connectivity index (χ0) is 37.5. The van der Waals surface area contributed by atoms with Crippen LogP contribution in [0.1, 0.15) is 45.2 Å². The predicted molar refractivity (Wildman–Crippen MR) is 189 cm³/mol. The van der Waals surface area contributed by atoms with Gasteiger partial charge >= 0.3 is 5.97 Å². The highest BCUT2D eigenvalue weighted by atomic mass is 32.2. The van der Waals surface area contributed by atoms with Crippen LogP contribution in [0.4, 0.5) is 11.5 Å². The number of ether oxygens (including phenoxy) is 5. The summed E-state index contributed by atoms with van der Waals surface area (Å²) in [6.07, 6.45) is -0.229. The van der Waals surface area contributed by atoms with Crippen LogP contribution < -0.4 is 29.6 Å². The number of benzene rings is 3. The maximum Gasteiger partial charge on any atom is 0.338 e. The van der Waals surface area contributed by atoms with Crippen LogP contribution in [0.25, 0.3) is 11.1 Å². The fourth-order valence-corrected chi connectivity index (χ4v) is 6.57. The molecule has 4 aromatic rings. The number of nitrogens with zero attached hydrogens (tertiary/aromatic N) is 4. The van der Waals surface area contributed by atoms with Crippen LogP contribution >= 0.6 is 11.8 Å². The number of methoxy groups -OCH3 is 3. The maximum absolute atomic E-state index is 13.6. The Kier molecular flexibility index (Phi) is 11.3. The lowest BCUT2D eigenvalue weighted by molar-refractivity contribution is -0.121. The molecule has 0 radical (unpaired) electrons. The number of hydrogen-bond donors (Lipinski definition) is 1. The van der Waals surface area contributed by atoms with Gasteiger partial charge in [-0.2, -0.15) is 10.5 Å². The van der Waals surface area contributed by atoms with Gasteiger partial charge in [0, 0.05) is 17.5 Å². The fraction of sp³-hybridized carbons (Fsp3) is 0.216. The Labute approximate surface area is 302 Å². The number of aromatic nitrogens is 1. The fourth-order valence-electron chi connectivity index (χ4n) is 5.45. The van der Waals surface area contributed by atoms with Gasteiger partial charge in [-0.1, -0.05) is 11.8 Å². The minimum absolute atomic E-state index is 0.0358. The molecular formula is C37H31N5O9S. The van der Waals surface area contributed by atoms with Crippen molar-refractivity contribution in [1.29, 1.82) is 10.5 Å². The number of carbonyl (C=O) groups is 4. The van der Waals surface area contributed by atoms with Gasteiger partial charge in [0.15, 0.2) is 23.9 Å². The minimum Gasteiger partial charge on any atom is -0.494 e. The molecule has 52 heavy (non-hydrogen) atoms. The van der Waals surface area contributed by atoms with E-state index < -0.39 is 35.4 Å². The van der Waals surface area contributed by atoms with E-state index in [1.165, 1.54) is 45.6 Å². The predicted octanol–water partition coefficient (Wildman–Crippen LogP) is 4.96. The molecule has 2 amide bonds. The zero-order valence-electron chi connectivity index (χ0n) is 28.4. The largest absolute Gasteiger partial charge is 0.494 e. The summed E-state index contributed by atoms with van der Waals surface area (Å²) in [6, 6.07) is 19.2.